The average molecular weight is 226 g/mol. The van der Waals surface area contributed by atoms with Gasteiger partial charge in [-0.25, -0.2) is 9.37 Å². The van der Waals surface area contributed by atoms with Crippen LogP contribution in [0.5, 0.6) is 0 Å². The number of nitrogens with zero attached hydrogens (tertiary/aromatic N) is 1. The van der Waals surface area contributed by atoms with E-state index in [1.54, 1.807) is 18.2 Å². The summed E-state index contributed by atoms with van der Waals surface area (Å²) in [5.74, 6) is 5.50. The number of aryl methyl sites for hydroxylation is 1. The molecule has 17 heavy (non-hydrogen) atoms. The van der Waals surface area contributed by atoms with Crippen LogP contribution in [0.3, 0.4) is 0 Å². The summed E-state index contributed by atoms with van der Waals surface area (Å²) in [4.78, 5) is 4.23. The third-order valence-corrected chi connectivity index (χ3v) is 2.24. The zero-order valence-corrected chi connectivity index (χ0v) is 9.37. The van der Waals surface area contributed by atoms with Crippen molar-refractivity contribution in [3.8, 4) is 11.8 Å². The smallest absolute Gasteiger partial charge is 0.136 e. The topological polar surface area (TPSA) is 38.9 Å². The molecule has 0 spiro atoms. The van der Waals surface area contributed by atoms with Crippen LogP contribution >= 0.6 is 0 Å². The van der Waals surface area contributed by atoms with E-state index in [0.29, 0.717) is 11.4 Å². The molecule has 2 nitrogen and oxygen atoms in total. The molecule has 2 rings (SSSR count). The Morgan fingerprint density at radius 3 is 2.47 bits per heavy atom. The fourth-order valence-corrected chi connectivity index (χ4v) is 1.33. The summed E-state index contributed by atoms with van der Waals surface area (Å²) in [6, 6.07) is 9.59. The van der Waals surface area contributed by atoms with Crippen molar-refractivity contribution in [3.05, 3.63) is 59.2 Å². The van der Waals surface area contributed by atoms with Gasteiger partial charge in [0.25, 0.3) is 0 Å². The molecule has 0 amide bonds. The van der Waals surface area contributed by atoms with Gasteiger partial charge >= 0.3 is 0 Å². The highest BCUT2D eigenvalue weighted by Gasteiger charge is 1.96. The number of rotatable bonds is 0. The molecule has 0 atom stereocenters. The van der Waals surface area contributed by atoms with E-state index in [0.717, 1.165) is 11.3 Å². The van der Waals surface area contributed by atoms with Gasteiger partial charge in [0.05, 0.1) is 5.69 Å². The summed E-state index contributed by atoms with van der Waals surface area (Å²) < 4.78 is 12.7. The third kappa shape index (κ3) is 2.82. The Labute approximate surface area is 99.3 Å². The number of nitrogens with two attached hydrogens (primary N) is 1. The van der Waals surface area contributed by atoms with Gasteiger partial charge in [-0.3, -0.25) is 0 Å². The molecular formula is C14H11FN2. The van der Waals surface area contributed by atoms with Crippen LogP contribution in [0.4, 0.5) is 10.1 Å². The van der Waals surface area contributed by atoms with Gasteiger partial charge in [-0.2, -0.15) is 0 Å². The van der Waals surface area contributed by atoms with Crippen molar-refractivity contribution in [2.45, 2.75) is 6.92 Å². The monoisotopic (exact) mass is 226 g/mol. The summed E-state index contributed by atoms with van der Waals surface area (Å²) in [6.45, 7) is 1.88. The van der Waals surface area contributed by atoms with Crippen molar-refractivity contribution < 1.29 is 4.39 Å². The molecule has 2 N–H and O–H groups in total. The molecule has 0 fully saturated rings. The van der Waals surface area contributed by atoms with Crippen molar-refractivity contribution in [2.75, 3.05) is 5.73 Å². The van der Waals surface area contributed by atoms with E-state index >= 15 is 0 Å². The largest absolute Gasteiger partial charge is 0.396 e. The minimum Gasteiger partial charge on any atom is -0.396 e. The molecule has 0 aliphatic heterocycles. The van der Waals surface area contributed by atoms with Gasteiger partial charge in [0.1, 0.15) is 11.5 Å². The van der Waals surface area contributed by atoms with E-state index in [1.807, 2.05) is 13.0 Å². The highest BCUT2D eigenvalue weighted by atomic mass is 19.1. The molecule has 1 heterocycles. The highest BCUT2D eigenvalue weighted by Crippen LogP contribution is 2.08. The predicted molar refractivity (Wildman–Crippen MR) is 65.8 cm³/mol. The quantitative estimate of drug-likeness (QED) is 0.701. The van der Waals surface area contributed by atoms with Crippen molar-refractivity contribution >= 4 is 5.69 Å². The Bertz CT molecular complexity index is 592. The average Bonchev–Trinajstić information content (AvgIpc) is 2.32. The SMILES string of the molecule is Cc1ccc(N)c(C#Cc2ccc(F)cc2)n1. The lowest BCUT2D eigenvalue weighted by atomic mass is 10.2. The maximum Gasteiger partial charge on any atom is 0.136 e. The Kier molecular flexibility index (Phi) is 3.06. The van der Waals surface area contributed by atoms with Crippen molar-refractivity contribution in [3.63, 3.8) is 0 Å². The van der Waals surface area contributed by atoms with Crippen molar-refractivity contribution in [2.24, 2.45) is 0 Å². The number of pyridine rings is 1. The third-order valence-electron chi connectivity index (χ3n) is 2.24. The number of hydrogen-bond acceptors (Lipinski definition) is 2. The van der Waals surface area contributed by atoms with Crippen LogP contribution in [0.25, 0.3) is 0 Å². The van der Waals surface area contributed by atoms with Gasteiger partial charge in [-0.1, -0.05) is 5.92 Å². The fraction of sp³-hybridized carbons (Fsp3) is 0.0714. The molecule has 3 heteroatoms. The molecule has 0 saturated carbocycles. The highest BCUT2D eigenvalue weighted by molar-refractivity contribution is 5.54. The summed E-state index contributed by atoms with van der Waals surface area (Å²) in [5, 5.41) is 0. The van der Waals surface area contributed by atoms with E-state index in [-0.39, 0.29) is 5.82 Å². The summed E-state index contributed by atoms with van der Waals surface area (Å²) in [7, 11) is 0. The molecule has 0 aliphatic carbocycles. The number of nitrogen functional groups attached to an aromatic ring is 1. The normalized spacial score (nSPS) is 9.53. The molecule has 1 aromatic heterocycles. The van der Waals surface area contributed by atoms with Gasteiger partial charge in [0.15, 0.2) is 0 Å². The van der Waals surface area contributed by atoms with Gasteiger partial charge in [0.2, 0.25) is 0 Å². The van der Waals surface area contributed by atoms with Crippen LogP contribution in [0.1, 0.15) is 17.0 Å². The number of benzene rings is 1. The standard InChI is InChI=1S/C14H11FN2/c1-10-2-8-13(16)14(17-10)9-5-11-3-6-12(15)7-4-11/h2-4,6-8H,16H2,1H3. The van der Waals surface area contributed by atoms with Gasteiger partial charge in [0, 0.05) is 11.3 Å². The molecule has 0 saturated heterocycles. The van der Waals surface area contributed by atoms with Crippen LogP contribution < -0.4 is 5.73 Å². The Morgan fingerprint density at radius 2 is 1.76 bits per heavy atom. The lowest BCUT2D eigenvalue weighted by Gasteiger charge is -1.97. The Hall–Kier alpha value is -2.34. The second kappa shape index (κ2) is 4.67. The van der Waals surface area contributed by atoms with Crippen molar-refractivity contribution in [1.82, 2.24) is 4.98 Å². The molecule has 0 unspecified atom stereocenters. The van der Waals surface area contributed by atoms with E-state index < -0.39 is 0 Å². The predicted octanol–water partition coefficient (Wildman–Crippen LogP) is 2.51. The van der Waals surface area contributed by atoms with Gasteiger partial charge in [-0.15, -0.1) is 0 Å². The first-order valence-corrected chi connectivity index (χ1v) is 5.16. The van der Waals surface area contributed by atoms with E-state index in [1.165, 1.54) is 12.1 Å². The molecule has 0 radical (unpaired) electrons. The minimum absolute atomic E-state index is 0.274. The number of anilines is 1. The first-order chi connectivity index (χ1) is 8.15. The Balaban J connectivity index is 2.32. The lowest BCUT2D eigenvalue weighted by Crippen LogP contribution is -1.95. The fourth-order valence-electron chi connectivity index (χ4n) is 1.33. The molecule has 84 valence electrons. The molecular weight excluding hydrogens is 215 g/mol. The first-order valence-electron chi connectivity index (χ1n) is 5.16. The zero-order chi connectivity index (χ0) is 12.3. The zero-order valence-electron chi connectivity index (χ0n) is 9.37. The maximum absolute atomic E-state index is 12.7. The van der Waals surface area contributed by atoms with Crippen LogP contribution in [0, 0.1) is 24.6 Å². The second-order valence-corrected chi connectivity index (χ2v) is 3.65. The lowest BCUT2D eigenvalue weighted by molar-refractivity contribution is 0.627. The van der Waals surface area contributed by atoms with Gasteiger partial charge < -0.3 is 5.73 Å². The first kappa shape index (κ1) is 11.2. The number of halogens is 1. The summed E-state index contributed by atoms with van der Waals surface area (Å²) in [5.41, 5.74) is 8.44. The summed E-state index contributed by atoms with van der Waals surface area (Å²) >= 11 is 0. The van der Waals surface area contributed by atoms with Crippen LogP contribution in [-0.4, -0.2) is 4.98 Å². The van der Waals surface area contributed by atoms with Crippen LogP contribution in [0.15, 0.2) is 36.4 Å². The second-order valence-electron chi connectivity index (χ2n) is 3.65. The van der Waals surface area contributed by atoms with E-state index in [9.17, 15) is 4.39 Å². The number of hydrogen-bond donors (Lipinski definition) is 1. The van der Waals surface area contributed by atoms with E-state index in [4.69, 9.17) is 5.73 Å². The van der Waals surface area contributed by atoms with Gasteiger partial charge in [-0.05, 0) is 49.2 Å². The van der Waals surface area contributed by atoms with Crippen molar-refractivity contribution in [1.29, 1.82) is 0 Å². The minimum atomic E-state index is -0.274. The Morgan fingerprint density at radius 1 is 1.06 bits per heavy atom. The van der Waals surface area contributed by atoms with Crippen LogP contribution in [0.2, 0.25) is 0 Å². The number of aromatic nitrogens is 1. The molecule has 1 aromatic carbocycles. The molecule has 2 aromatic rings. The summed E-state index contributed by atoms with van der Waals surface area (Å²) in [6.07, 6.45) is 0. The van der Waals surface area contributed by atoms with Crippen LogP contribution in [-0.2, 0) is 0 Å². The maximum atomic E-state index is 12.7. The molecule has 0 bridgehead atoms. The molecule has 0 aliphatic rings. The van der Waals surface area contributed by atoms with E-state index in [2.05, 4.69) is 16.8 Å².